The van der Waals surface area contributed by atoms with E-state index < -0.39 is 14.6 Å². The highest BCUT2D eigenvalue weighted by Gasteiger charge is 2.28. The lowest BCUT2D eigenvalue weighted by Gasteiger charge is -2.20. The predicted molar refractivity (Wildman–Crippen MR) is 123 cm³/mol. The van der Waals surface area contributed by atoms with Gasteiger partial charge in [0.05, 0.1) is 33.1 Å². The number of halogens is 3. The van der Waals surface area contributed by atoms with Crippen molar-refractivity contribution < 1.29 is 8.42 Å². The van der Waals surface area contributed by atoms with Crippen molar-refractivity contribution in [3.05, 3.63) is 33.8 Å². The first-order valence-electron chi connectivity index (χ1n) is 8.20. The third-order valence-corrected chi connectivity index (χ3v) is 7.03. The van der Waals surface area contributed by atoms with E-state index in [1.807, 2.05) is 19.9 Å². The van der Waals surface area contributed by atoms with Crippen LogP contribution in [0.2, 0.25) is 10.0 Å². The Morgan fingerprint density at radius 1 is 1.23 bits per heavy atom. The number of guanidine groups is 1. The van der Waals surface area contributed by atoms with Crippen molar-refractivity contribution in [3.63, 3.8) is 0 Å². The van der Waals surface area contributed by atoms with Crippen LogP contribution in [0.4, 0.5) is 0 Å². The summed E-state index contributed by atoms with van der Waals surface area (Å²) in [4.78, 5) is 4.37. The van der Waals surface area contributed by atoms with Gasteiger partial charge in [0.15, 0.2) is 15.8 Å². The SMILES string of the molecule is CCNC(=NCCS(=O)(=O)C(C)(C)C)NC(C)c1ccc(Cl)c(Cl)c1.I. The van der Waals surface area contributed by atoms with E-state index in [0.29, 0.717) is 22.5 Å². The fourth-order valence-corrected chi connectivity index (χ4v) is 3.22. The van der Waals surface area contributed by atoms with Crippen molar-refractivity contribution in [2.45, 2.75) is 45.4 Å². The fraction of sp³-hybridized carbons (Fsp3) is 0.588. The molecule has 0 saturated heterocycles. The summed E-state index contributed by atoms with van der Waals surface area (Å²) in [5, 5.41) is 7.36. The smallest absolute Gasteiger partial charge is 0.191 e. The van der Waals surface area contributed by atoms with Crippen LogP contribution < -0.4 is 10.6 Å². The molecule has 9 heteroatoms. The Morgan fingerprint density at radius 2 is 1.85 bits per heavy atom. The highest BCUT2D eigenvalue weighted by Crippen LogP contribution is 2.25. The molecule has 1 aromatic rings. The van der Waals surface area contributed by atoms with E-state index in [2.05, 4.69) is 15.6 Å². The van der Waals surface area contributed by atoms with Gasteiger partial charge in [-0.1, -0.05) is 29.3 Å². The molecule has 0 aliphatic heterocycles. The van der Waals surface area contributed by atoms with Crippen LogP contribution in [0.1, 0.15) is 46.2 Å². The quantitative estimate of drug-likeness (QED) is 0.321. The third kappa shape index (κ3) is 7.78. The first kappa shape index (κ1) is 25.8. The van der Waals surface area contributed by atoms with Crippen LogP contribution in [0.15, 0.2) is 23.2 Å². The number of nitrogens with one attached hydrogen (secondary N) is 2. The molecule has 1 aromatic carbocycles. The topological polar surface area (TPSA) is 70.6 Å². The number of aliphatic imine (C=N–C) groups is 1. The zero-order chi connectivity index (χ0) is 19.3. The van der Waals surface area contributed by atoms with Gasteiger partial charge in [-0.25, -0.2) is 8.42 Å². The zero-order valence-corrected chi connectivity index (χ0v) is 20.4. The number of nitrogens with zero attached hydrogens (tertiary/aromatic N) is 1. The summed E-state index contributed by atoms with van der Waals surface area (Å²) in [5.74, 6) is 0.569. The molecule has 0 aliphatic rings. The summed E-state index contributed by atoms with van der Waals surface area (Å²) in [6.07, 6.45) is 0. The molecular weight excluding hydrogens is 508 g/mol. The molecule has 150 valence electrons. The monoisotopic (exact) mass is 535 g/mol. The molecule has 0 fully saturated rings. The lowest BCUT2D eigenvalue weighted by atomic mass is 10.1. The molecule has 1 atom stereocenters. The Morgan fingerprint density at radius 3 is 2.35 bits per heavy atom. The van der Waals surface area contributed by atoms with Crippen molar-refractivity contribution in [2.24, 2.45) is 4.99 Å². The number of hydrogen-bond acceptors (Lipinski definition) is 3. The lowest BCUT2D eigenvalue weighted by molar-refractivity contribution is 0.560. The highest BCUT2D eigenvalue weighted by atomic mass is 127. The van der Waals surface area contributed by atoms with Crippen molar-refractivity contribution in [2.75, 3.05) is 18.8 Å². The van der Waals surface area contributed by atoms with Crippen molar-refractivity contribution in [3.8, 4) is 0 Å². The van der Waals surface area contributed by atoms with Crippen LogP contribution in [0.3, 0.4) is 0 Å². The largest absolute Gasteiger partial charge is 0.357 e. The molecule has 1 unspecified atom stereocenters. The minimum Gasteiger partial charge on any atom is -0.357 e. The van der Waals surface area contributed by atoms with Gasteiger partial charge >= 0.3 is 0 Å². The average Bonchev–Trinajstić information content (AvgIpc) is 2.48. The normalized spacial score (nSPS) is 13.7. The first-order chi connectivity index (χ1) is 11.5. The number of rotatable bonds is 6. The lowest BCUT2D eigenvalue weighted by Crippen LogP contribution is -2.39. The van der Waals surface area contributed by atoms with Crippen LogP contribution in [0.5, 0.6) is 0 Å². The molecule has 0 radical (unpaired) electrons. The van der Waals surface area contributed by atoms with E-state index in [1.54, 1.807) is 32.9 Å². The third-order valence-electron chi connectivity index (χ3n) is 3.70. The standard InChI is InChI=1S/C17H27Cl2N3O2S.HI/c1-6-20-16(21-9-10-25(23,24)17(3,4)5)22-12(2)13-7-8-14(18)15(19)11-13;/h7-8,11-12H,6,9-10H2,1-5H3,(H2,20,21,22);1H. The van der Waals surface area contributed by atoms with E-state index in [-0.39, 0.29) is 42.3 Å². The number of sulfone groups is 1. The van der Waals surface area contributed by atoms with Crippen molar-refractivity contribution in [1.29, 1.82) is 0 Å². The summed E-state index contributed by atoms with van der Waals surface area (Å²) < 4.78 is 23.6. The Kier molecular flexibility index (Phi) is 10.8. The molecule has 0 bridgehead atoms. The Balaban J connectivity index is 0.00000625. The van der Waals surface area contributed by atoms with Crippen molar-refractivity contribution >= 4 is 63.0 Å². The number of hydrogen-bond donors (Lipinski definition) is 2. The molecule has 0 saturated carbocycles. The maximum Gasteiger partial charge on any atom is 0.191 e. The second kappa shape index (κ2) is 10.9. The molecule has 5 nitrogen and oxygen atoms in total. The Hall–Kier alpha value is -0.250. The van der Waals surface area contributed by atoms with E-state index in [1.165, 1.54) is 0 Å². The van der Waals surface area contributed by atoms with Crippen LogP contribution in [-0.4, -0.2) is 38.0 Å². The molecule has 0 heterocycles. The van der Waals surface area contributed by atoms with Gasteiger partial charge < -0.3 is 10.6 Å². The predicted octanol–water partition coefficient (Wildman–Crippen LogP) is 4.44. The minimum atomic E-state index is -3.19. The van der Waals surface area contributed by atoms with Crippen LogP contribution in [0, 0.1) is 0 Å². The van der Waals surface area contributed by atoms with Gasteiger partial charge in [0, 0.05) is 6.54 Å². The van der Waals surface area contributed by atoms with Crippen LogP contribution in [-0.2, 0) is 9.84 Å². The number of benzene rings is 1. The Labute approximate surface area is 184 Å². The van der Waals surface area contributed by atoms with Crippen molar-refractivity contribution in [1.82, 2.24) is 10.6 Å². The first-order valence-corrected chi connectivity index (χ1v) is 10.6. The van der Waals surface area contributed by atoms with Gasteiger partial charge in [0.25, 0.3) is 0 Å². The zero-order valence-electron chi connectivity index (χ0n) is 15.8. The average molecular weight is 536 g/mol. The van der Waals surface area contributed by atoms with Gasteiger partial charge in [-0.05, 0) is 52.3 Å². The molecule has 0 amide bonds. The van der Waals surface area contributed by atoms with Gasteiger partial charge in [-0.3, -0.25) is 4.99 Å². The van der Waals surface area contributed by atoms with Gasteiger partial charge in [-0.2, -0.15) is 0 Å². The van der Waals surface area contributed by atoms with E-state index in [4.69, 9.17) is 23.2 Å². The van der Waals surface area contributed by atoms with Gasteiger partial charge in [0.2, 0.25) is 0 Å². The Bertz CT molecular complexity index is 719. The second-order valence-electron chi connectivity index (χ2n) is 6.73. The maximum atomic E-state index is 12.2. The van der Waals surface area contributed by atoms with Gasteiger partial charge in [0.1, 0.15) is 0 Å². The highest BCUT2D eigenvalue weighted by molar-refractivity contribution is 14.0. The molecule has 0 aromatic heterocycles. The molecule has 26 heavy (non-hydrogen) atoms. The van der Waals surface area contributed by atoms with E-state index in [0.717, 1.165) is 5.56 Å². The summed E-state index contributed by atoms with van der Waals surface area (Å²) in [7, 11) is -3.19. The summed E-state index contributed by atoms with van der Waals surface area (Å²) in [6, 6.07) is 5.37. The van der Waals surface area contributed by atoms with Gasteiger partial charge in [-0.15, -0.1) is 24.0 Å². The fourth-order valence-electron chi connectivity index (χ4n) is 1.97. The van der Waals surface area contributed by atoms with Crippen LogP contribution in [0.25, 0.3) is 0 Å². The maximum absolute atomic E-state index is 12.2. The molecule has 0 aliphatic carbocycles. The van der Waals surface area contributed by atoms with E-state index >= 15 is 0 Å². The summed E-state index contributed by atoms with van der Waals surface area (Å²) in [5.41, 5.74) is 0.960. The van der Waals surface area contributed by atoms with Crippen LogP contribution >= 0.6 is 47.2 Å². The molecule has 2 N–H and O–H groups in total. The molecule has 1 rings (SSSR count). The summed E-state index contributed by atoms with van der Waals surface area (Å²) in [6.45, 7) is 9.88. The molecule has 0 spiro atoms. The minimum absolute atomic E-state index is 0. The second-order valence-corrected chi connectivity index (χ2v) is 10.4. The summed E-state index contributed by atoms with van der Waals surface area (Å²) >= 11 is 12.0. The molecular formula is C17H28Cl2IN3O2S. The van der Waals surface area contributed by atoms with E-state index in [9.17, 15) is 8.42 Å².